The molecular weight excluding hydrogens is 328 g/mol. The van der Waals surface area contributed by atoms with Crippen molar-refractivity contribution < 1.29 is 13.2 Å². The highest BCUT2D eigenvalue weighted by atomic mass is 32.2. The topological polar surface area (TPSA) is 91.8 Å². The lowest BCUT2D eigenvalue weighted by Crippen LogP contribution is -2.69. The van der Waals surface area contributed by atoms with Crippen LogP contribution in [0.5, 0.6) is 0 Å². The van der Waals surface area contributed by atoms with Gasteiger partial charge >= 0.3 is 0 Å². The van der Waals surface area contributed by atoms with E-state index < -0.39 is 15.6 Å². The third kappa shape index (κ3) is 4.40. The van der Waals surface area contributed by atoms with E-state index in [2.05, 4.69) is 20.3 Å². The van der Waals surface area contributed by atoms with Crippen LogP contribution >= 0.6 is 0 Å². The lowest BCUT2D eigenvalue weighted by Gasteiger charge is -2.61. The van der Waals surface area contributed by atoms with Crippen molar-refractivity contribution in [2.45, 2.75) is 64.1 Å². The zero-order chi connectivity index (χ0) is 18.0. The highest BCUT2D eigenvalue weighted by Crippen LogP contribution is 2.57. The average Bonchev–Trinajstić information content (AvgIpc) is 2.36. The lowest BCUT2D eigenvalue weighted by atomic mass is 9.51. The van der Waals surface area contributed by atoms with Crippen molar-refractivity contribution in [1.29, 1.82) is 0 Å². The van der Waals surface area contributed by atoms with Gasteiger partial charge in [-0.2, -0.15) is 0 Å². The quantitative estimate of drug-likeness (QED) is 0.462. The number of sulfonamides is 1. The molecule has 8 heteroatoms. The summed E-state index contributed by atoms with van der Waals surface area (Å²) in [6.07, 6.45) is 6.19. The molecule has 0 aromatic carbocycles. The first-order valence-corrected chi connectivity index (χ1v) is 10.6. The summed E-state index contributed by atoms with van der Waals surface area (Å²) in [7, 11) is -1.51. The fourth-order valence-corrected chi connectivity index (χ4v) is 4.92. The molecule has 0 aromatic heterocycles. The minimum Gasteiger partial charge on any atom is -0.378 e. The van der Waals surface area contributed by atoms with E-state index in [1.165, 1.54) is 25.5 Å². The Hall–Kier alpha value is -0.860. The summed E-state index contributed by atoms with van der Waals surface area (Å²) in [6.45, 7) is 6.95. The molecule has 7 nitrogen and oxygen atoms in total. The molecule has 2 fully saturated rings. The Morgan fingerprint density at radius 2 is 2.04 bits per heavy atom. The third-order valence-electron chi connectivity index (χ3n) is 5.13. The van der Waals surface area contributed by atoms with E-state index in [4.69, 9.17) is 4.74 Å². The van der Waals surface area contributed by atoms with Crippen LogP contribution in [-0.2, 0) is 14.8 Å². The molecule has 0 amide bonds. The van der Waals surface area contributed by atoms with Gasteiger partial charge in [0.2, 0.25) is 10.0 Å². The van der Waals surface area contributed by atoms with Crippen LogP contribution in [0.3, 0.4) is 0 Å². The first kappa shape index (κ1) is 19.5. The Balaban J connectivity index is 1.87. The van der Waals surface area contributed by atoms with Crippen molar-refractivity contribution in [3.63, 3.8) is 0 Å². The van der Waals surface area contributed by atoms with Gasteiger partial charge in [-0.25, -0.2) is 13.1 Å². The predicted molar refractivity (Wildman–Crippen MR) is 96.7 cm³/mol. The second-order valence-corrected chi connectivity index (χ2v) is 9.40. The van der Waals surface area contributed by atoms with E-state index in [1.54, 1.807) is 7.05 Å². The minimum atomic E-state index is -3.25. The maximum Gasteiger partial charge on any atom is 0.209 e. The smallest absolute Gasteiger partial charge is 0.209 e. The van der Waals surface area contributed by atoms with Crippen LogP contribution in [0.2, 0.25) is 0 Å². The Bertz CT molecular complexity index is 570. The molecule has 1 spiro atoms. The van der Waals surface area contributed by atoms with E-state index in [1.807, 2.05) is 20.8 Å². The summed E-state index contributed by atoms with van der Waals surface area (Å²) < 4.78 is 31.3. The number of nitrogens with one attached hydrogen (secondary N) is 3. The van der Waals surface area contributed by atoms with Gasteiger partial charge in [-0.1, -0.05) is 6.42 Å². The molecule has 2 atom stereocenters. The SMILES string of the molecule is CCOC1CC(NC(=NC)NCC(C)(C)NS(C)(=O)=O)C12CCC2. The summed E-state index contributed by atoms with van der Waals surface area (Å²) in [5, 5.41) is 6.74. The van der Waals surface area contributed by atoms with E-state index >= 15 is 0 Å². The van der Waals surface area contributed by atoms with Gasteiger partial charge in [0, 0.05) is 37.2 Å². The fraction of sp³-hybridized carbons (Fsp3) is 0.938. The van der Waals surface area contributed by atoms with Crippen molar-refractivity contribution in [1.82, 2.24) is 15.4 Å². The number of ether oxygens (including phenoxy) is 1. The monoisotopic (exact) mass is 360 g/mol. The van der Waals surface area contributed by atoms with Gasteiger partial charge in [0.25, 0.3) is 0 Å². The van der Waals surface area contributed by atoms with Crippen molar-refractivity contribution >= 4 is 16.0 Å². The Morgan fingerprint density at radius 1 is 1.38 bits per heavy atom. The summed E-state index contributed by atoms with van der Waals surface area (Å²) in [4.78, 5) is 4.28. The predicted octanol–water partition coefficient (Wildman–Crippen LogP) is 0.827. The van der Waals surface area contributed by atoms with E-state index in [0.717, 1.165) is 13.0 Å². The van der Waals surface area contributed by atoms with Crippen molar-refractivity contribution in [2.75, 3.05) is 26.5 Å². The van der Waals surface area contributed by atoms with Crippen LogP contribution < -0.4 is 15.4 Å². The van der Waals surface area contributed by atoms with E-state index in [-0.39, 0.29) is 5.41 Å². The van der Waals surface area contributed by atoms with E-state index in [9.17, 15) is 8.42 Å². The highest BCUT2D eigenvalue weighted by Gasteiger charge is 2.59. The molecule has 0 aliphatic heterocycles. The van der Waals surface area contributed by atoms with E-state index in [0.29, 0.717) is 24.7 Å². The number of aliphatic imine (C=N–C) groups is 1. The van der Waals surface area contributed by atoms with Gasteiger partial charge in [0.05, 0.1) is 12.4 Å². The molecule has 3 N–H and O–H groups in total. The molecule has 140 valence electrons. The number of hydrogen-bond donors (Lipinski definition) is 3. The molecule has 0 radical (unpaired) electrons. The summed E-state index contributed by atoms with van der Waals surface area (Å²) >= 11 is 0. The van der Waals surface area contributed by atoms with Crippen LogP contribution in [0, 0.1) is 5.41 Å². The standard InChI is InChI=1S/C16H32N4O3S/c1-6-23-13-10-12(16(13)8-7-9-16)19-14(17-4)18-11-15(2,3)20-24(5,21)22/h12-13,20H,6-11H2,1-5H3,(H2,17,18,19). The zero-order valence-electron chi connectivity index (χ0n) is 15.5. The highest BCUT2D eigenvalue weighted by molar-refractivity contribution is 7.88. The second-order valence-electron chi connectivity index (χ2n) is 7.65. The normalized spacial score (nSPS) is 26.6. The Morgan fingerprint density at radius 3 is 2.50 bits per heavy atom. The van der Waals surface area contributed by atoms with Gasteiger partial charge in [-0.05, 0) is 40.0 Å². The summed E-state index contributed by atoms with van der Waals surface area (Å²) in [5.41, 5.74) is -0.332. The second kappa shape index (κ2) is 7.17. The van der Waals surface area contributed by atoms with Gasteiger partial charge < -0.3 is 15.4 Å². The fourth-order valence-electron chi connectivity index (χ4n) is 3.84. The first-order chi connectivity index (χ1) is 11.1. The Labute approximate surface area is 146 Å². The summed E-state index contributed by atoms with van der Waals surface area (Å²) in [6, 6.07) is 0.375. The van der Waals surface area contributed by atoms with Crippen LogP contribution in [-0.4, -0.2) is 58.5 Å². The average molecular weight is 361 g/mol. The van der Waals surface area contributed by atoms with Crippen molar-refractivity contribution in [3.8, 4) is 0 Å². The van der Waals surface area contributed by atoms with Crippen LogP contribution in [0.1, 0.15) is 46.5 Å². The maximum absolute atomic E-state index is 11.4. The first-order valence-electron chi connectivity index (χ1n) is 8.69. The molecule has 0 heterocycles. The van der Waals surface area contributed by atoms with Crippen molar-refractivity contribution in [3.05, 3.63) is 0 Å². The van der Waals surface area contributed by atoms with Crippen LogP contribution in [0.4, 0.5) is 0 Å². The molecule has 2 unspecified atom stereocenters. The number of rotatable bonds is 7. The van der Waals surface area contributed by atoms with Gasteiger partial charge in [0.15, 0.2) is 5.96 Å². The molecule has 2 aliphatic rings. The van der Waals surface area contributed by atoms with Gasteiger partial charge in [-0.15, -0.1) is 0 Å². The molecular formula is C16H32N4O3S. The Kier molecular flexibility index (Phi) is 5.82. The maximum atomic E-state index is 11.4. The zero-order valence-corrected chi connectivity index (χ0v) is 16.3. The molecule has 2 aliphatic carbocycles. The van der Waals surface area contributed by atoms with Gasteiger partial charge in [0.1, 0.15) is 0 Å². The molecule has 0 bridgehead atoms. The van der Waals surface area contributed by atoms with Crippen molar-refractivity contribution in [2.24, 2.45) is 10.4 Å². The van der Waals surface area contributed by atoms with Gasteiger partial charge in [-0.3, -0.25) is 4.99 Å². The minimum absolute atomic E-state index is 0.258. The number of guanidine groups is 1. The molecule has 0 aromatic rings. The number of nitrogens with zero attached hydrogens (tertiary/aromatic N) is 1. The van der Waals surface area contributed by atoms with Crippen LogP contribution in [0.25, 0.3) is 0 Å². The summed E-state index contributed by atoms with van der Waals surface area (Å²) in [5.74, 6) is 0.713. The molecule has 24 heavy (non-hydrogen) atoms. The van der Waals surface area contributed by atoms with Crippen LogP contribution in [0.15, 0.2) is 4.99 Å². The molecule has 0 saturated heterocycles. The third-order valence-corrected chi connectivity index (χ3v) is 6.05. The molecule has 2 rings (SSSR count). The lowest BCUT2D eigenvalue weighted by molar-refractivity contribution is -0.168. The molecule has 2 saturated carbocycles. The largest absolute Gasteiger partial charge is 0.378 e. The number of hydrogen-bond acceptors (Lipinski definition) is 4.